The van der Waals surface area contributed by atoms with Crippen LogP contribution in [-0.2, 0) is 16.1 Å². The number of carbonyl (C=O) groups excluding carboxylic acids is 2. The molecule has 6 heteroatoms. The van der Waals surface area contributed by atoms with Gasteiger partial charge < -0.3 is 20.1 Å². The predicted octanol–water partition coefficient (Wildman–Crippen LogP) is 3.27. The van der Waals surface area contributed by atoms with Crippen LogP contribution >= 0.6 is 0 Å². The van der Waals surface area contributed by atoms with Crippen LogP contribution in [0.5, 0.6) is 0 Å². The third-order valence-corrected chi connectivity index (χ3v) is 5.62. The van der Waals surface area contributed by atoms with E-state index in [0.29, 0.717) is 12.0 Å². The summed E-state index contributed by atoms with van der Waals surface area (Å²) < 4.78 is 4.71. The highest BCUT2D eigenvalue weighted by Crippen LogP contribution is 2.26. The van der Waals surface area contributed by atoms with Gasteiger partial charge in [-0.2, -0.15) is 0 Å². The largest absolute Gasteiger partial charge is 0.465 e. The second kappa shape index (κ2) is 10.7. The minimum Gasteiger partial charge on any atom is -0.465 e. The van der Waals surface area contributed by atoms with Crippen molar-refractivity contribution in [1.29, 1.82) is 0 Å². The Morgan fingerprint density at radius 3 is 2.66 bits per heavy atom. The van der Waals surface area contributed by atoms with Crippen molar-refractivity contribution in [3.05, 3.63) is 35.4 Å². The van der Waals surface area contributed by atoms with Crippen molar-refractivity contribution in [1.82, 2.24) is 10.2 Å². The molecule has 1 amide bonds. The first-order valence-electron chi connectivity index (χ1n) is 10.6. The predicted molar refractivity (Wildman–Crippen MR) is 114 cm³/mol. The van der Waals surface area contributed by atoms with E-state index in [1.165, 1.54) is 7.11 Å². The van der Waals surface area contributed by atoms with Gasteiger partial charge in [0.15, 0.2) is 0 Å². The number of likely N-dealkylation sites (tertiary alicyclic amines) is 1. The van der Waals surface area contributed by atoms with E-state index < -0.39 is 5.60 Å². The number of carbonyl (C=O) groups is 2. The lowest BCUT2D eigenvalue weighted by molar-refractivity contribution is -0.131. The van der Waals surface area contributed by atoms with Crippen molar-refractivity contribution < 1.29 is 19.4 Å². The average Bonchev–Trinajstić information content (AvgIpc) is 3.04. The molecule has 1 saturated heterocycles. The summed E-state index contributed by atoms with van der Waals surface area (Å²) in [5.74, 6) is -0.0728. The smallest absolute Gasteiger partial charge is 0.337 e. The second-order valence-corrected chi connectivity index (χ2v) is 8.70. The Morgan fingerprint density at radius 1 is 1.34 bits per heavy atom. The summed E-state index contributed by atoms with van der Waals surface area (Å²) in [5, 5.41) is 13.3. The summed E-state index contributed by atoms with van der Waals surface area (Å²) in [6.07, 6.45) is 5.08. The van der Waals surface area contributed by atoms with E-state index in [1.54, 1.807) is 12.1 Å². The van der Waals surface area contributed by atoms with Gasteiger partial charge in [-0.05, 0) is 77.1 Å². The molecule has 0 aromatic heterocycles. The number of benzene rings is 1. The fourth-order valence-corrected chi connectivity index (χ4v) is 4.00. The van der Waals surface area contributed by atoms with Crippen LogP contribution in [0.25, 0.3) is 0 Å². The lowest BCUT2D eigenvalue weighted by Gasteiger charge is -2.32. The number of nitrogens with one attached hydrogen (secondary N) is 1. The van der Waals surface area contributed by atoms with Crippen molar-refractivity contribution in [2.75, 3.05) is 13.7 Å². The Hall–Kier alpha value is -1.92. The molecule has 6 nitrogen and oxygen atoms in total. The van der Waals surface area contributed by atoms with Crippen LogP contribution in [-0.4, -0.2) is 53.2 Å². The zero-order chi connectivity index (χ0) is 21.4. The molecule has 1 aromatic carbocycles. The molecule has 29 heavy (non-hydrogen) atoms. The molecular weight excluding hydrogens is 368 g/mol. The number of aliphatic hydroxyl groups is 1. The molecule has 2 rings (SSSR count). The number of esters is 1. The highest BCUT2D eigenvalue weighted by molar-refractivity contribution is 5.89. The van der Waals surface area contributed by atoms with E-state index in [4.69, 9.17) is 4.74 Å². The summed E-state index contributed by atoms with van der Waals surface area (Å²) in [5.41, 5.74) is 1.01. The van der Waals surface area contributed by atoms with Gasteiger partial charge in [-0.1, -0.05) is 12.1 Å². The summed E-state index contributed by atoms with van der Waals surface area (Å²) >= 11 is 0. The standard InChI is InChI=1S/C23H36N2O4/c1-17(6-5-14-23(2,3)28)25-20(11-12-21(25)26)13-15-24-16-18-7-9-19(10-8-18)22(27)29-4/h7-10,17,20,24,28H,5-6,11-16H2,1-4H3/t17-,20-/m0/s1. The fourth-order valence-electron chi connectivity index (χ4n) is 4.00. The molecule has 0 saturated carbocycles. The summed E-state index contributed by atoms with van der Waals surface area (Å²) in [7, 11) is 1.38. The lowest BCUT2D eigenvalue weighted by Crippen LogP contribution is -2.41. The van der Waals surface area contributed by atoms with E-state index in [9.17, 15) is 14.7 Å². The molecule has 162 valence electrons. The Bertz CT molecular complexity index is 666. The summed E-state index contributed by atoms with van der Waals surface area (Å²) in [6, 6.07) is 7.90. The molecule has 1 fully saturated rings. The molecule has 0 bridgehead atoms. The van der Waals surface area contributed by atoms with E-state index in [2.05, 4.69) is 17.1 Å². The van der Waals surface area contributed by atoms with Crippen molar-refractivity contribution in [3.8, 4) is 0 Å². The lowest BCUT2D eigenvalue weighted by atomic mass is 9.99. The molecule has 0 unspecified atom stereocenters. The van der Waals surface area contributed by atoms with Gasteiger partial charge in [-0.15, -0.1) is 0 Å². The SMILES string of the molecule is COC(=O)c1ccc(CNCC[C@@H]2CCC(=O)N2[C@@H](C)CCCC(C)(C)O)cc1. The number of rotatable bonds is 11. The first-order chi connectivity index (χ1) is 13.7. The van der Waals surface area contributed by atoms with Gasteiger partial charge in [0.25, 0.3) is 0 Å². The maximum Gasteiger partial charge on any atom is 0.337 e. The molecule has 1 aromatic rings. The number of nitrogens with zero attached hydrogens (tertiary/aromatic N) is 1. The van der Waals surface area contributed by atoms with Gasteiger partial charge in [0.05, 0.1) is 18.3 Å². The van der Waals surface area contributed by atoms with E-state index in [1.807, 2.05) is 26.0 Å². The van der Waals surface area contributed by atoms with Gasteiger partial charge in [0.1, 0.15) is 0 Å². The zero-order valence-electron chi connectivity index (χ0n) is 18.2. The first-order valence-corrected chi connectivity index (χ1v) is 10.6. The molecule has 0 spiro atoms. The number of ether oxygens (including phenoxy) is 1. The molecule has 1 heterocycles. The van der Waals surface area contributed by atoms with E-state index in [0.717, 1.165) is 50.8 Å². The minimum atomic E-state index is -0.646. The van der Waals surface area contributed by atoms with Gasteiger partial charge in [0.2, 0.25) is 5.91 Å². The molecular formula is C23H36N2O4. The van der Waals surface area contributed by atoms with E-state index >= 15 is 0 Å². The highest BCUT2D eigenvalue weighted by Gasteiger charge is 2.33. The van der Waals surface area contributed by atoms with Gasteiger partial charge in [-0.25, -0.2) is 4.79 Å². The van der Waals surface area contributed by atoms with Gasteiger partial charge in [0, 0.05) is 25.0 Å². The Labute approximate surface area is 174 Å². The first kappa shape index (κ1) is 23.4. The Kier molecular flexibility index (Phi) is 8.65. The quantitative estimate of drug-likeness (QED) is 0.437. The Balaban J connectivity index is 1.75. The van der Waals surface area contributed by atoms with Crippen LogP contribution in [0.4, 0.5) is 0 Å². The monoisotopic (exact) mass is 404 g/mol. The fraction of sp³-hybridized carbons (Fsp3) is 0.652. The van der Waals surface area contributed by atoms with Crippen molar-refractivity contribution in [2.24, 2.45) is 0 Å². The van der Waals surface area contributed by atoms with Crippen LogP contribution in [0.2, 0.25) is 0 Å². The maximum atomic E-state index is 12.4. The molecule has 2 atom stereocenters. The molecule has 0 radical (unpaired) electrons. The van der Waals surface area contributed by atoms with Crippen LogP contribution in [0.15, 0.2) is 24.3 Å². The normalized spacial score (nSPS) is 18.2. The number of hydrogen-bond acceptors (Lipinski definition) is 5. The molecule has 0 aliphatic carbocycles. The zero-order valence-corrected chi connectivity index (χ0v) is 18.2. The van der Waals surface area contributed by atoms with Crippen LogP contribution in [0, 0.1) is 0 Å². The number of hydrogen-bond donors (Lipinski definition) is 2. The van der Waals surface area contributed by atoms with Crippen LogP contribution in [0.1, 0.15) is 75.2 Å². The topological polar surface area (TPSA) is 78.9 Å². The third-order valence-electron chi connectivity index (χ3n) is 5.62. The van der Waals surface area contributed by atoms with Gasteiger partial charge in [-0.3, -0.25) is 4.79 Å². The van der Waals surface area contributed by atoms with Crippen LogP contribution in [0.3, 0.4) is 0 Å². The van der Waals surface area contributed by atoms with Crippen LogP contribution < -0.4 is 5.32 Å². The molecule has 1 aliphatic rings. The van der Waals surface area contributed by atoms with Crippen molar-refractivity contribution in [2.45, 2.75) is 83.5 Å². The van der Waals surface area contributed by atoms with Gasteiger partial charge >= 0.3 is 5.97 Å². The third kappa shape index (κ3) is 7.44. The van der Waals surface area contributed by atoms with E-state index in [-0.39, 0.29) is 24.0 Å². The summed E-state index contributed by atoms with van der Waals surface area (Å²) in [4.78, 5) is 25.9. The Morgan fingerprint density at radius 2 is 2.03 bits per heavy atom. The number of methoxy groups -OCH3 is 1. The minimum absolute atomic E-state index is 0.211. The maximum absolute atomic E-state index is 12.4. The molecule has 2 N–H and O–H groups in total. The van der Waals surface area contributed by atoms with Crippen molar-refractivity contribution >= 4 is 11.9 Å². The van der Waals surface area contributed by atoms with Crippen molar-refractivity contribution in [3.63, 3.8) is 0 Å². The summed E-state index contributed by atoms with van der Waals surface area (Å²) in [6.45, 7) is 7.34. The number of amides is 1. The highest BCUT2D eigenvalue weighted by atomic mass is 16.5. The second-order valence-electron chi connectivity index (χ2n) is 8.70. The average molecular weight is 405 g/mol. The molecule has 1 aliphatic heterocycles.